The zero-order valence-electron chi connectivity index (χ0n) is 13.9. The van der Waals surface area contributed by atoms with Crippen molar-refractivity contribution in [3.8, 4) is 0 Å². The summed E-state index contributed by atoms with van der Waals surface area (Å²) in [5, 5.41) is 11.8. The van der Waals surface area contributed by atoms with Crippen molar-refractivity contribution in [1.29, 1.82) is 0 Å². The molecule has 0 aromatic carbocycles. The maximum atomic E-state index is 13.1. The summed E-state index contributed by atoms with van der Waals surface area (Å²) in [4.78, 5) is 19.3. The summed E-state index contributed by atoms with van der Waals surface area (Å²) in [6.07, 6.45) is 5.55. The van der Waals surface area contributed by atoms with Crippen LogP contribution in [0.4, 0.5) is 0 Å². The molecule has 1 aliphatic heterocycles. The molecule has 1 amide bonds. The first-order valence-corrected chi connectivity index (χ1v) is 8.24. The Balaban J connectivity index is 1.62. The Morgan fingerprint density at radius 3 is 3.04 bits per heavy atom. The van der Waals surface area contributed by atoms with Gasteiger partial charge in [0.2, 0.25) is 0 Å². The molecule has 1 atom stereocenters. The minimum Gasteiger partial charge on any atom is -0.338 e. The molecule has 0 spiro atoms. The maximum absolute atomic E-state index is 13.1. The van der Waals surface area contributed by atoms with E-state index in [0.29, 0.717) is 17.8 Å². The second-order valence-electron chi connectivity index (χ2n) is 6.41. The second kappa shape index (κ2) is 5.74. The van der Waals surface area contributed by atoms with E-state index in [4.69, 9.17) is 0 Å². The number of carbonyl (C=O) groups is 1. The summed E-state index contributed by atoms with van der Waals surface area (Å²) in [6.45, 7) is 5.31. The van der Waals surface area contributed by atoms with Crippen LogP contribution in [-0.4, -0.2) is 48.7 Å². The number of piperidine rings is 1. The highest BCUT2D eigenvalue weighted by atomic mass is 16.2. The third-order valence-corrected chi connectivity index (χ3v) is 4.64. The second-order valence-corrected chi connectivity index (χ2v) is 6.41. The van der Waals surface area contributed by atoms with Crippen LogP contribution in [0.3, 0.4) is 0 Å². The van der Waals surface area contributed by atoms with Gasteiger partial charge in [0.25, 0.3) is 5.91 Å². The lowest BCUT2D eigenvalue weighted by atomic mass is 9.94. The summed E-state index contributed by atoms with van der Waals surface area (Å²) >= 11 is 0. The number of amides is 1. The van der Waals surface area contributed by atoms with Crippen molar-refractivity contribution in [2.75, 3.05) is 13.1 Å². The molecule has 0 bridgehead atoms. The molecule has 1 N–H and O–H groups in total. The Hall–Kier alpha value is -2.70. The molecule has 1 aliphatic rings. The van der Waals surface area contributed by atoms with Crippen molar-refractivity contribution in [2.24, 2.45) is 0 Å². The van der Waals surface area contributed by atoms with Crippen molar-refractivity contribution in [3.05, 3.63) is 47.2 Å². The summed E-state index contributed by atoms with van der Waals surface area (Å²) < 4.78 is 1.67. The molecule has 4 heterocycles. The average molecular weight is 324 g/mol. The summed E-state index contributed by atoms with van der Waals surface area (Å²) in [6, 6.07) is 3.88. The van der Waals surface area contributed by atoms with Crippen molar-refractivity contribution >= 4 is 11.6 Å². The van der Waals surface area contributed by atoms with Crippen LogP contribution >= 0.6 is 0 Å². The first-order chi connectivity index (χ1) is 11.6. The molecule has 1 fully saturated rings. The van der Waals surface area contributed by atoms with E-state index in [1.54, 1.807) is 10.7 Å². The highest BCUT2D eigenvalue weighted by molar-refractivity contribution is 6.01. The van der Waals surface area contributed by atoms with Crippen LogP contribution in [0.2, 0.25) is 0 Å². The molecule has 24 heavy (non-hydrogen) atoms. The first-order valence-electron chi connectivity index (χ1n) is 8.24. The Labute approximate surface area is 139 Å². The molecule has 0 saturated carbocycles. The minimum atomic E-state index is 0.0122. The molecule has 7 nitrogen and oxygen atoms in total. The zero-order chi connectivity index (χ0) is 16.7. The van der Waals surface area contributed by atoms with E-state index in [9.17, 15) is 4.79 Å². The monoisotopic (exact) mass is 324 g/mol. The van der Waals surface area contributed by atoms with Gasteiger partial charge in [-0.2, -0.15) is 10.2 Å². The molecule has 3 aromatic rings. The number of aryl methyl sites for hydroxylation is 2. The van der Waals surface area contributed by atoms with Crippen molar-refractivity contribution in [2.45, 2.75) is 32.6 Å². The molecular formula is C17H20N6O. The number of hydrogen-bond acceptors (Lipinski definition) is 4. The predicted molar refractivity (Wildman–Crippen MR) is 88.9 cm³/mol. The van der Waals surface area contributed by atoms with Crippen molar-refractivity contribution in [3.63, 3.8) is 0 Å². The van der Waals surface area contributed by atoms with Gasteiger partial charge in [-0.1, -0.05) is 0 Å². The van der Waals surface area contributed by atoms with Crippen molar-refractivity contribution < 1.29 is 4.79 Å². The Bertz CT molecular complexity index is 896. The van der Waals surface area contributed by atoms with Gasteiger partial charge >= 0.3 is 0 Å². The number of rotatable bonds is 2. The summed E-state index contributed by atoms with van der Waals surface area (Å²) in [5.74, 6) is 0.293. The van der Waals surface area contributed by atoms with Crippen LogP contribution in [0, 0.1) is 13.8 Å². The Morgan fingerprint density at radius 2 is 2.25 bits per heavy atom. The van der Waals surface area contributed by atoms with Crippen LogP contribution in [0.15, 0.2) is 24.5 Å². The van der Waals surface area contributed by atoms with E-state index in [0.717, 1.165) is 36.5 Å². The number of aromatic amines is 1. The van der Waals surface area contributed by atoms with E-state index >= 15 is 0 Å². The Kier molecular flexibility index (Phi) is 3.55. The zero-order valence-corrected chi connectivity index (χ0v) is 13.9. The fourth-order valence-corrected chi connectivity index (χ4v) is 3.46. The SMILES string of the molecule is Cc1cc([C@H]2CCCN(C(=O)c3c(C)nn4cccnc34)C2)n[nH]1. The number of H-pyrrole nitrogens is 1. The van der Waals surface area contributed by atoms with Gasteiger partial charge in [0.1, 0.15) is 5.56 Å². The summed E-state index contributed by atoms with van der Waals surface area (Å²) in [5.41, 5.74) is 4.04. The molecule has 0 aliphatic carbocycles. The van der Waals surface area contributed by atoms with Gasteiger partial charge in [-0.05, 0) is 38.8 Å². The third-order valence-electron chi connectivity index (χ3n) is 4.64. The number of likely N-dealkylation sites (tertiary alicyclic amines) is 1. The number of aromatic nitrogens is 5. The number of carbonyl (C=O) groups excluding carboxylic acids is 1. The van der Waals surface area contributed by atoms with Gasteiger partial charge in [-0.15, -0.1) is 0 Å². The smallest absolute Gasteiger partial charge is 0.259 e. The molecule has 0 unspecified atom stereocenters. The third kappa shape index (κ3) is 2.46. The van der Waals surface area contributed by atoms with Gasteiger partial charge in [0, 0.05) is 37.1 Å². The maximum Gasteiger partial charge on any atom is 0.259 e. The van der Waals surface area contributed by atoms with E-state index < -0.39 is 0 Å². The lowest BCUT2D eigenvalue weighted by Gasteiger charge is -2.31. The van der Waals surface area contributed by atoms with Crippen LogP contribution in [0.1, 0.15) is 46.2 Å². The molecule has 0 radical (unpaired) electrons. The van der Waals surface area contributed by atoms with E-state index in [2.05, 4.69) is 26.3 Å². The van der Waals surface area contributed by atoms with E-state index in [-0.39, 0.29) is 11.8 Å². The van der Waals surface area contributed by atoms with E-state index in [1.165, 1.54) is 0 Å². The highest BCUT2D eigenvalue weighted by Crippen LogP contribution is 2.27. The molecule has 124 valence electrons. The number of nitrogens with zero attached hydrogens (tertiary/aromatic N) is 5. The first kappa shape index (κ1) is 14.9. The quantitative estimate of drug-likeness (QED) is 0.783. The lowest BCUT2D eigenvalue weighted by molar-refractivity contribution is 0.0707. The van der Waals surface area contributed by atoms with Gasteiger partial charge in [-0.3, -0.25) is 9.89 Å². The molecule has 4 rings (SSSR count). The van der Waals surface area contributed by atoms with Gasteiger partial charge in [0.05, 0.1) is 11.4 Å². The highest BCUT2D eigenvalue weighted by Gasteiger charge is 2.29. The number of fused-ring (bicyclic) bond motifs is 1. The molecule has 1 saturated heterocycles. The van der Waals surface area contributed by atoms with Crippen LogP contribution in [-0.2, 0) is 0 Å². The van der Waals surface area contributed by atoms with Crippen LogP contribution < -0.4 is 0 Å². The predicted octanol–water partition coefficient (Wildman–Crippen LogP) is 2.09. The minimum absolute atomic E-state index is 0.0122. The summed E-state index contributed by atoms with van der Waals surface area (Å²) in [7, 11) is 0. The van der Waals surface area contributed by atoms with Gasteiger partial charge in [0.15, 0.2) is 5.65 Å². The average Bonchev–Trinajstić information content (AvgIpc) is 3.17. The number of nitrogens with one attached hydrogen (secondary N) is 1. The van der Waals surface area contributed by atoms with Crippen molar-refractivity contribution in [1.82, 2.24) is 29.7 Å². The standard InChI is InChI=1S/C17H20N6O/c1-11-9-14(20-19-11)13-5-3-7-22(10-13)17(24)15-12(2)21-23-8-4-6-18-16(15)23/h4,6,8-9,13H,3,5,7,10H2,1-2H3,(H,19,20)/t13-/m0/s1. The van der Waals surface area contributed by atoms with Gasteiger partial charge in [-0.25, -0.2) is 9.50 Å². The van der Waals surface area contributed by atoms with Gasteiger partial charge < -0.3 is 4.90 Å². The fourth-order valence-electron chi connectivity index (χ4n) is 3.46. The largest absolute Gasteiger partial charge is 0.338 e. The van der Waals surface area contributed by atoms with Crippen LogP contribution in [0.5, 0.6) is 0 Å². The molecule has 3 aromatic heterocycles. The van der Waals surface area contributed by atoms with E-state index in [1.807, 2.05) is 31.0 Å². The number of hydrogen-bond donors (Lipinski definition) is 1. The molecule has 7 heteroatoms. The fraction of sp³-hybridized carbons (Fsp3) is 0.412. The lowest BCUT2D eigenvalue weighted by Crippen LogP contribution is -2.39. The Morgan fingerprint density at radius 1 is 1.38 bits per heavy atom. The normalized spacial score (nSPS) is 18.2. The van der Waals surface area contributed by atoms with Crippen LogP contribution in [0.25, 0.3) is 5.65 Å². The molecular weight excluding hydrogens is 304 g/mol. The topological polar surface area (TPSA) is 79.2 Å².